The summed E-state index contributed by atoms with van der Waals surface area (Å²) in [6, 6.07) is 10.0. The molecule has 3 aromatic heterocycles. The van der Waals surface area contributed by atoms with Gasteiger partial charge in [-0.2, -0.15) is 9.50 Å². The number of hydrogen-bond acceptors (Lipinski definition) is 6. The number of para-hydroxylation sites is 1. The van der Waals surface area contributed by atoms with Crippen LogP contribution in [0.1, 0.15) is 12.6 Å². The van der Waals surface area contributed by atoms with Gasteiger partial charge in [-0.05, 0) is 18.6 Å². The number of hydrogen-bond donors (Lipinski definition) is 2. The van der Waals surface area contributed by atoms with Gasteiger partial charge in [-0.15, -0.1) is 5.10 Å². The molecule has 10 nitrogen and oxygen atoms in total. The maximum Gasteiger partial charge on any atom is 0.299 e. The van der Waals surface area contributed by atoms with Gasteiger partial charge >= 0.3 is 0 Å². The van der Waals surface area contributed by atoms with Crippen LogP contribution in [-0.4, -0.2) is 55.8 Å². The molecule has 1 aliphatic rings. The quantitative estimate of drug-likeness (QED) is 0.473. The highest BCUT2D eigenvalue weighted by molar-refractivity contribution is 5.86. The summed E-state index contributed by atoms with van der Waals surface area (Å²) < 4.78 is 5.05. The number of carbonyl (C=O) groups is 1. The maximum absolute atomic E-state index is 13.6. The lowest BCUT2D eigenvalue weighted by Crippen LogP contribution is -2.47. The van der Waals surface area contributed by atoms with Crippen molar-refractivity contribution in [2.24, 2.45) is 12.8 Å². The molecular weight excluding hydrogens is 408 g/mol. The first-order chi connectivity index (χ1) is 15.5. The molecule has 1 fully saturated rings. The Bertz CT molecular complexity index is 1390. The summed E-state index contributed by atoms with van der Waals surface area (Å²) in [7, 11) is 1.95. The van der Waals surface area contributed by atoms with Crippen molar-refractivity contribution in [2.75, 3.05) is 31.1 Å². The van der Waals surface area contributed by atoms with Gasteiger partial charge in [0.2, 0.25) is 11.7 Å². The number of primary amides is 1. The zero-order valence-corrected chi connectivity index (χ0v) is 18.2. The van der Waals surface area contributed by atoms with Crippen molar-refractivity contribution < 1.29 is 4.79 Å². The van der Waals surface area contributed by atoms with Crippen molar-refractivity contribution in [3.63, 3.8) is 0 Å². The molecule has 1 saturated heterocycles. The molecule has 4 heterocycles. The average Bonchev–Trinajstić information content (AvgIpc) is 3.38. The molecular formula is C22H26N8O2. The topological polar surface area (TPSA) is 115 Å². The van der Waals surface area contributed by atoms with Gasteiger partial charge < -0.3 is 25.1 Å². The molecule has 1 aromatic carbocycles. The molecule has 3 N–H and O–H groups in total. The van der Waals surface area contributed by atoms with E-state index in [0.717, 1.165) is 35.4 Å². The van der Waals surface area contributed by atoms with Crippen LogP contribution in [0.15, 0.2) is 35.1 Å². The van der Waals surface area contributed by atoms with E-state index < -0.39 is 5.91 Å². The van der Waals surface area contributed by atoms with Crippen molar-refractivity contribution in [3.8, 4) is 11.5 Å². The number of amides is 1. The van der Waals surface area contributed by atoms with Crippen molar-refractivity contribution in [1.29, 1.82) is 0 Å². The van der Waals surface area contributed by atoms with Crippen LogP contribution >= 0.6 is 0 Å². The average molecular weight is 435 g/mol. The first-order valence-corrected chi connectivity index (χ1v) is 10.8. The summed E-state index contributed by atoms with van der Waals surface area (Å²) in [4.78, 5) is 32.3. The molecule has 1 amide bonds. The summed E-state index contributed by atoms with van der Waals surface area (Å²) >= 11 is 0. The van der Waals surface area contributed by atoms with Gasteiger partial charge in [0.05, 0.1) is 11.4 Å². The van der Waals surface area contributed by atoms with Gasteiger partial charge in [-0.3, -0.25) is 9.59 Å². The number of nitrogens with zero attached hydrogens (tertiary/aromatic N) is 6. The standard InChI is InChI=1S/C22H26N8O2/c1-3-15-19(28-10-8-24-9-11-28)21(32)30-22(29(15)13-18(23)31)25-20(26-30)17-12-14-6-4-5-7-16(14)27(17)2/h4-7,12,24H,3,8-11,13H2,1-2H3,(H2,23,31). The number of nitrogens with one attached hydrogen (secondary N) is 1. The third-order valence-corrected chi connectivity index (χ3v) is 6.09. The molecule has 0 spiro atoms. The number of piperazine rings is 1. The smallest absolute Gasteiger partial charge is 0.299 e. The summed E-state index contributed by atoms with van der Waals surface area (Å²) in [6.45, 7) is 4.88. The van der Waals surface area contributed by atoms with Crippen LogP contribution in [0.2, 0.25) is 0 Å². The number of aryl methyl sites for hydroxylation is 1. The molecule has 166 valence electrons. The van der Waals surface area contributed by atoms with Gasteiger partial charge in [0.15, 0.2) is 5.82 Å². The fraction of sp³-hybridized carbons (Fsp3) is 0.364. The summed E-state index contributed by atoms with van der Waals surface area (Å²) in [5.41, 5.74) is 8.50. The summed E-state index contributed by atoms with van der Waals surface area (Å²) in [5, 5.41) is 8.96. The van der Waals surface area contributed by atoms with E-state index in [4.69, 9.17) is 10.7 Å². The molecule has 0 saturated carbocycles. The lowest BCUT2D eigenvalue weighted by atomic mass is 10.2. The van der Waals surface area contributed by atoms with Gasteiger partial charge in [-0.25, -0.2) is 0 Å². The highest BCUT2D eigenvalue weighted by Crippen LogP contribution is 2.26. The number of fused-ring (bicyclic) bond motifs is 2. The highest BCUT2D eigenvalue weighted by Gasteiger charge is 2.26. The Morgan fingerprint density at radius 2 is 1.97 bits per heavy atom. The predicted molar refractivity (Wildman–Crippen MR) is 123 cm³/mol. The zero-order chi connectivity index (χ0) is 22.4. The Morgan fingerprint density at radius 3 is 2.66 bits per heavy atom. The molecule has 5 rings (SSSR count). The van der Waals surface area contributed by atoms with Gasteiger partial charge in [0, 0.05) is 44.1 Å². The number of rotatable bonds is 5. The minimum absolute atomic E-state index is 0.0701. The summed E-state index contributed by atoms with van der Waals surface area (Å²) in [6.07, 6.45) is 0.564. The molecule has 0 aliphatic carbocycles. The number of aromatic nitrogens is 5. The second-order valence-electron chi connectivity index (χ2n) is 8.04. The van der Waals surface area contributed by atoms with E-state index in [0.29, 0.717) is 36.8 Å². The molecule has 0 unspecified atom stereocenters. The van der Waals surface area contributed by atoms with E-state index in [9.17, 15) is 9.59 Å². The number of nitrogens with two attached hydrogens (primary N) is 1. The van der Waals surface area contributed by atoms with E-state index in [1.165, 1.54) is 4.52 Å². The Balaban J connectivity index is 1.78. The van der Waals surface area contributed by atoms with Crippen LogP contribution in [0.5, 0.6) is 0 Å². The lowest BCUT2D eigenvalue weighted by molar-refractivity contribution is -0.118. The second-order valence-corrected chi connectivity index (χ2v) is 8.04. The van der Waals surface area contributed by atoms with Crippen molar-refractivity contribution in [1.82, 2.24) is 29.0 Å². The highest BCUT2D eigenvalue weighted by atomic mass is 16.1. The van der Waals surface area contributed by atoms with E-state index in [1.807, 2.05) is 48.9 Å². The van der Waals surface area contributed by atoms with Crippen molar-refractivity contribution in [2.45, 2.75) is 19.9 Å². The second kappa shape index (κ2) is 7.79. The molecule has 32 heavy (non-hydrogen) atoms. The van der Waals surface area contributed by atoms with Crippen LogP contribution < -0.4 is 21.5 Å². The Labute approximate surface area is 184 Å². The molecule has 0 atom stereocenters. The fourth-order valence-corrected chi connectivity index (χ4v) is 4.59. The Morgan fingerprint density at radius 1 is 1.22 bits per heavy atom. The Kier molecular flexibility index (Phi) is 4.93. The summed E-state index contributed by atoms with van der Waals surface area (Å²) in [5.74, 6) is 0.258. The monoisotopic (exact) mass is 434 g/mol. The van der Waals surface area contributed by atoms with E-state index in [-0.39, 0.29) is 12.1 Å². The molecule has 1 aliphatic heterocycles. The zero-order valence-electron chi connectivity index (χ0n) is 18.2. The molecule has 10 heteroatoms. The maximum atomic E-state index is 13.6. The van der Waals surface area contributed by atoms with Crippen LogP contribution in [-0.2, 0) is 24.8 Å². The van der Waals surface area contributed by atoms with Crippen LogP contribution in [0.25, 0.3) is 28.2 Å². The minimum atomic E-state index is -0.495. The molecule has 4 aromatic rings. The van der Waals surface area contributed by atoms with Crippen molar-refractivity contribution in [3.05, 3.63) is 46.4 Å². The number of carbonyl (C=O) groups excluding carboxylic acids is 1. The first kappa shape index (κ1) is 20.3. The van der Waals surface area contributed by atoms with E-state index in [1.54, 1.807) is 4.57 Å². The normalized spacial score (nSPS) is 14.5. The van der Waals surface area contributed by atoms with Crippen molar-refractivity contribution >= 4 is 28.3 Å². The van der Waals surface area contributed by atoms with Crippen LogP contribution in [0.4, 0.5) is 5.69 Å². The minimum Gasteiger partial charge on any atom is -0.368 e. The van der Waals surface area contributed by atoms with Crippen LogP contribution in [0, 0.1) is 0 Å². The Hall–Kier alpha value is -3.66. The molecule has 0 bridgehead atoms. The first-order valence-electron chi connectivity index (χ1n) is 10.8. The van der Waals surface area contributed by atoms with Gasteiger partial charge in [0.1, 0.15) is 12.2 Å². The number of anilines is 1. The molecule has 0 radical (unpaired) electrons. The number of benzene rings is 1. The lowest BCUT2D eigenvalue weighted by Gasteiger charge is -2.31. The third-order valence-electron chi connectivity index (χ3n) is 6.09. The third kappa shape index (κ3) is 3.14. The van der Waals surface area contributed by atoms with Gasteiger partial charge in [0.25, 0.3) is 5.56 Å². The van der Waals surface area contributed by atoms with Gasteiger partial charge in [-0.1, -0.05) is 25.1 Å². The fourth-order valence-electron chi connectivity index (χ4n) is 4.59. The van der Waals surface area contributed by atoms with E-state index >= 15 is 0 Å². The van der Waals surface area contributed by atoms with E-state index in [2.05, 4.69) is 15.3 Å². The largest absolute Gasteiger partial charge is 0.368 e. The predicted octanol–water partition coefficient (Wildman–Crippen LogP) is 0.507. The van der Waals surface area contributed by atoms with Crippen LogP contribution in [0.3, 0.4) is 0 Å². The SMILES string of the molecule is CCc1c(N2CCNCC2)c(=O)n2nc(-c3cc4ccccc4n3C)nc2n1CC(N)=O.